The smallest absolute Gasteiger partial charge is 0.289 e. The van der Waals surface area contributed by atoms with Crippen molar-refractivity contribution in [3.8, 4) is 17.2 Å². The Morgan fingerprint density at radius 2 is 1.97 bits per heavy atom. The highest BCUT2D eigenvalue weighted by Crippen LogP contribution is 2.30. The third-order valence-electron chi connectivity index (χ3n) is 5.14. The van der Waals surface area contributed by atoms with E-state index in [2.05, 4.69) is 20.4 Å². The van der Waals surface area contributed by atoms with E-state index in [0.29, 0.717) is 38.9 Å². The molecule has 0 atom stereocenters. The van der Waals surface area contributed by atoms with Crippen molar-refractivity contribution < 1.29 is 13.9 Å². The minimum Gasteiger partial charge on any atom is -0.497 e. The Labute approximate surface area is 197 Å². The number of methoxy groups -OCH3 is 1. The number of carbonyl (C=O) groups is 1. The highest BCUT2D eigenvalue weighted by atomic mass is 35.5. The van der Waals surface area contributed by atoms with Crippen molar-refractivity contribution in [1.29, 1.82) is 0 Å². The summed E-state index contributed by atoms with van der Waals surface area (Å²) in [6.45, 7) is 0.434. The second-order valence-corrected chi connectivity index (χ2v) is 8.01. The molecular weight excluding hydrogens is 465 g/mol. The third-order valence-corrected chi connectivity index (χ3v) is 5.73. The highest BCUT2D eigenvalue weighted by Gasteiger charge is 2.23. The van der Waals surface area contributed by atoms with Gasteiger partial charge >= 0.3 is 0 Å². The summed E-state index contributed by atoms with van der Waals surface area (Å²) in [4.78, 5) is 13.4. The minimum absolute atomic E-state index is 0.131. The number of ketones is 1. The standard InChI is InChI=1S/C23H15Cl2N5O3/c1-32-16-4-5-20-17(9-16)18(12-30(20)11-14-2-3-15(24)8-19(14)25)21(31)23-29-28-22(33-23)13-6-7-26-27-10-13/h2-10,12H,11H2,1H3. The van der Waals surface area contributed by atoms with Crippen LogP contribution in [0.15, 0.2) is 65.5 Å². The Hall–Kier alpha value is -3.75. The van der Waals surface area contributed by atoms with Crippen LogP contribution in [0.2, 0.25) is 10.0 Å². The molecule has 3 heterocycles. The summed E-state index contributed by atoms with van der Waals surface area (Å²) in [7, 11) is 1.57. The zero-order valence-corrected chi connectivity index (χ0v) is 18.7. The lowest BCUT2D eigenvalue weighted by Gasteiger charge is -2.08. The fraction of sp³-hybridized carbons (Fsp3) is 0.0870. The maximum absolute atomic E-state index is 13.4. The van der Waals surface area contributed by atoms with Crippen LogP contribution in [-0.4, -0.2) is 37.9 Å². The quantitative estimate of drug-likeness (QED) is 0.313. The van der Waals surface area contributed by atoms with E-state index in [-0.39, 0.29) is 11.8 Å². The maximum Gasteiger partial charge on any atom is 0.289 e. The van der Waals surface area contributed by atoms with Gasteiger partial charge in [0.25, 0.3) is 11.7 Å². The predicted octanol–water partition coefficient (Wildman–Crippen LogP) is 5.08. The molecule has 0 saturated heterocycles. The molecule has 5 rings (SSSR count). The van der Waals surface area contributed by atoms with Gasteiger partial charge in [-0.1, -0.05) is 29.3 Å². The van der Waals surface area contributed by atoms with Crippen LogP contribution in [0.5, 0.6) is 5.75 Å². The monoisotopic (exact) mass is 479 g/mol. The van der Waals surface area contributed by atoms with Gasteiger partial charge in [0.1, 0.15) is 5.75 Å². The number of ether oxygens (including phenoxy) is 1. The summed E-state index contributed by atoms with van der Waals surface area (Å²) in [6, 6.07) is 12.5. The van der Waals surface area contributed by atoms with E-state index in [0.717, 1.165) is 11.1 Å². The Morgan fingerprint density at radius 1 is 1.09 bits per heavy atom. The summed E-state index contributed by atoms with van der Waals surface area (Å²) in [5.41, 5.74) is 2.65. The van der Waals surface area contributed by atoms with E-state index >= 15 is 0 Å². The van der Waals surface area contributed by atoms with Crippen molar-refractivity contribution in [1.82, 2.24) is 25.0 Å². The van der Waals surface area contributed by atoms with E-state index in [4.69, 9.17) is 32.4 Å². The van der Waals surface area contributed by atoms with Gasteiger partial charge in [-0.3, -0.25) is 4.79 Å². The zero-order valence-electron chi connectivity index (χ0n) is 17.2. The summed E-state index contributed by atoms with van der Waals surface area (Å²) in [6.07, 6.45) is 4.73. The van der Waals surface area contributed by atoms with Gasteiger partial charge in [0.05, 0.1) is 30.6 Å². The number of rotatable bonds is 6. The number of carbonyl (C=O) groups excluding carboxylic acids is 1. The first kappa shape index (κ1) is 21.1. The molecule has 0 bridgehead atoms. The first-order valence-corrected chi connectivity index (χ1v) is 10.5. The molecule has 5 aromatic rings. The van der Waals surface area contributed by atoms with Gasteiger partial charge in [-0.05, 0) is 42.0 Å². The lowest BCUT2D eigenvalue weighted by atomic mass is 10.1. The molecule has 0 amide bonds. The SMILES string of the molecule is COc1ccc2c(c1)c(C(=O)c1nnc(-c3ccnnc3)o1)cn2Cc1ccc(Cl)cc1Cl. The van der Waals surface area contributed by atoms with Crippen molar-refractivity contribution in [2.24, 2.45) is 0 Å². The molecule has 0 N–H and O–H groups in total. The first-order chi connectivity index (χ1) is 16.0. The molecule has 0 fully saturated rings. The van der Waals surface area contributed by atoms with Gasteiger partial charge in [-0.15, -0.1) is 10.2 Å². The summed E-state index contributed by atoms with van der Waals surface area (Å²) < 4.78 is 12.9. The second-order valence-electron chi connectivity index (χ2n) is 7.16. The Balaban J connectivity index is 1.57. The minimum atomic E-state index is -0.407. The van der Waals surface area contributed by atoms with E-state index < -0.39 is 5.78 Å². The molecule has 33 heavy (non-hydrogen) atoms. The summed E-state index contributed by atoms with van der Waals surface area (Å²) in [5.74, 6) is 0.263. The molecule has 164 valence electrons. The highest BCUT2D eigenvalue weighted by molar-refractivity contribution is 6.35. The summed E-state index contributed by atoms with van der Waals surface area (Å²) >= 11 is 12.4. The van der Waals surface area contributed by atoms with Gasteiger partial charge in [0.2, 0.25) is 5.89 Å². The Bertz CT molecular complexity index is 1480. The van der Waals surface area contributed by atoms with Crippen molar-refractivity contribution in [3.63, 3.8) is 0 Å². The molecule has 3 aromatic heterocycles. The molecule has 0 saturated carbocycles. The van der Waals surface area contributed by atoms with Crippen molar-refractivity contribution in [3.05, 3.63) is 88.1 Å². The van der Waals surface area contributed by atoms with Gasteiger partial charge in [0.15, 0.2) is 0 Å². The van der Waals surface area contributed by atoms with Crippen LogP contribution in [0.1, 0.15) is 21.8 Å². The van der Waals surface area contributed by atoms with Crippen LogP contribution in [0.4, 0.5) is 0 Å². The predicted molar refractivity (Wildman–Crippen MR) is 123 cm³/mol. The molecule has 2 aromatic carbocycles. The second kappa shape index (κ2) is 8.65. The largest absolute Gasteiger partial charge is 0.497 e. The van der Waals surface area contributed by atoms with Crippen LogP contribution in [0.3, 0.4) is 0 Å². The van der Waals surface area contributed by atoms with Crippen LogP contribution in [0.25, 0.3) is 22.4 Å². The van der Waals surface area contributed by atoms with E-state index in [1.165, 1.54) is 12.4 Å². The number of benzene rings is 2. The normalized spacial score (nSPS) is 11.1. The molecule has 0 aliphatic rings. The first-order valence-electron chi connectivity index (χ1n) is 9.79. The number of hydrogen-bond acceptors (Lipinski definition) is 7. The molecule has 0 radical (unpaired) electrons. The maximum atomic E-state index is 13.4. The van der Waals surface area contributed by atoms with Crippen LogP contribution >= 0.6 is 23.2 Å². The van der Waals surface area contributed by atoms with Crippen LogP contribution in [-0.2, 0) is 6.54 Å². The molecule has 0 aliphatic carbocycles. The number of halogens is 2. The van der Waals surface area contributed by atoms with Crippen molar-refractivity contribution in [2.45, 2.75) is 6.54 Å². The third kappa shape index (κ3) is 4.06. The fourth-order valence-corrected chi connectivity index (χ4v) is 3.98. The topological polar surface area (TPSA) is 95.9 Å². The van der Waals surface area contributed by atoms with E-state index in [9.17, 15) is 4.79 Å². The average molecular weight is 480 g/mol. The zero-order chi connectivity index (χ0) is 22.9. The van der Waals surface area contributed by atoms with E-state index in [1.54, 1.807) is 37.6 Å². The molecule has 10 heteroatoms. The number of hydrogen-bond donors (Lipinski definition) is 0. The molecule has 0 aliphatic heterocycles. The average Bonchev–Trinajstić information content (AvgIpc) is 3.46. The molecule has 0 spiro atoms. The Kier molecular flexibility index (Phi) is 5.53. The van der Waals surface area contributed by atoms with E-state index in [1.807, 2.05) is 22.8 Å². The molecule has 8 nitrogen and oxygen atoms in total. The number of aromatic nitrogens is 5. The van der Waals surface area contributed by atoms with Gasteiger partial charge in [-0.25, -0.2) is 0 Å². The molecular formula is C23H15Cl2N5O3. The molecule has 0 unspecified atom stereocenters. The van der Waals surface area contributed by atoms with Gasteiger partial charge in [-0.2, -0.15) is 10.2 Å². The van der Waals surface area contributed by atoms with Crippen LogP contribution < -0.4 is 4.74 Å². The van der Waals surface area contributed by atoms with Gasteiger partial charge in [0, 0.05) is 33.7 Å². The summed E-state index contributed by atoms with van der Waals surface area (Å²) in [5, 5.41) is 17.2. The Morgan fingerprint density at radius 3 is 2.73 bits per heavy atom. The van der Waals surface area contributed by atoms with Crippen molar-refractivity contribution >= 4 is 39.9 Å². The fourth-order valence-electron chi connectivity index (χ4n) is 3.51. The number of nitrogens with zero attached hydrogens (tertiary/aromatic N) is 5. The lowest BCUT2D eigenvalue weighted by Crippen LogP contribution is -2.02. The lowest BCUT2D eigenvalue weighted by molar-refractivity contribution is 0.100. The van der Waals surface area contributed by atoms with Gasteiger partial charge < -0.3 is 13.7 Å². The van der Waals surface area contributed by atoms with Crippen molar-refractivity contribution in [2.75, 3.05) is 7.11 Å². The number of fused-ring (bicyclic) bond motifs is 1. The van der Waals surface area contributed by atoms with Crippen LogP contribution in [0, 0.1) is 0 Å².